The number of aliphatic hydroxyl groups is 1. The van der Waals surface area contributed by atoms with E-state index in [0.29, 0.717) is 22.9 Å². The molecular weight excluding hydrogens is 414 g/mol. The predicted molar refractivity (Wildman–Crippen MR) is 120 cm³/mol. The summed E-state index contributed by atoms with van der Waals surface area (Å²) in [5, 5.41) is 11.7. The third kappa shape index (κ3) is 4.19. The molecule has 1 saturated carbocycles. The van der Waals surface area contributed by atoms with Crippen LogP contribution in [-0.2, 0) is 9.59 Å². The fourth-order valence-electron chi connectivity index (χ4n) is 4.59. The topological polar surface area (TPSA) is 66.8 Å². The molecule has 2 aromatic rings. The van der Waals surface area contributed by atoms with Crippen molar-refractivity contribution in [2.45, 2.75) is 51.1 Å². The third-order valence-corrected chi connectivity index (χ3v) is 6.32. The molecule has 4 rings (SSSR count). The highest BCUT2D eigenvalue weighted by atomic mass is 35.5. The molecule has 0 aromatic heterocycles. The fraction of sp³-hybridized carbons (Fsp3) is 0.360. The van der Waals surface area contributed by atoms with E-state index < -0.39 is 17.7 Å². The molecule has 1 aliphatic heterocycles. The van der Waals surface area contributed by atoms with E-state index >= 15 is 0 Å². The van der Waals surface area contributed by atoms with E-state index in [1.807, 2.05) is 19.1 Å². The predicted octanol–water partition coefficient (Wildman–Crippen LogP) is 5.49. The van der Waals surface area contributed by atoms with Gasteiger partial charge in [0, 0.05) is 16.6 Å². The number of hydrogen-bond acceptors (Lipinski definition) is 4. The molecule has 2 fully saturated rings. The van der Waals surface area contributed by atoms with E-state index in [4.69, 9.17) is 16.3 Å². The summed E-state index contributed by atoms with van der Waals surface area (Å²) in [4.78, 5) is 27.9. The number of rotatable bonds is 5. The molecule has 2 aliphatic rings. The van der Waals surface area contributed by atoms with Crippen LogP contribution in [-0.4, -0.2) is 34.3 Å². The second-order valence-corrected chi connectivity index (χ2v) is 8.44. The van der Waals surface area contributed by atoms with Gasteiger partial charge < -0.3 is 14.7 Å². The van der Waals surface area contributed by atoms with Gasteiger partial charge in [-0.15, -0.1) is 0 Å². The highest BCUT2D eigenvalue weighted by Crippen LogP contribution is 2.43. The van der Waals surface area contributed by atoms with Crippen molar-refractivity contribution in [2.75, 3.05) is 6.61 Å². The summed E-state index contributed by atoms with van der Waals surface area (Å²) in [6.07, 6.45) is 4.92. The molecule has 2 aromatic carbocycles. The highest BCUT2D eigenvalue weighted by Gasteiger charge is 2.48. The van der Waals surface area contributed by atoms with Crippen LogP contribution in [0, 0.1) is 0 Å². The Kier molecular flexibility index (Phi) is 6.33. The van der Waals surface area contributed by atoms with Crippen molar-refractivity contribution in [1.82, 2.24) is 4.90 Å². The van der Waals surface area contributed by atoms with Crippen molar-refractivity contribution in [3.63, 3.8) is 0 Å². The first-order chi connectivity index (χ1) is 15.0. The first kappa shape index (κ1) is 21.4. The van der Waals surface area contributed by atoms with Crippen molar-refractivity contribution in [1.29, 1.82) is 0 Å². The van der Waals surface area contributed by atoms with Gasteiger partial charge in [0.05, 0.1) is 18.2 Å². The number of Topliss-reactive ketones (excluding diaryl/α,β-unsaturated/α-hetero) is 1. The van der Waals surface area contributed by atoms with Gasteiger partial charge in [0.1, 0.15) is 11.5 Å². The number of nitrogens with zero attached hydrogens (tertiary/aromatic N) is 1. The van der Waals surface area contributed by atoms with E-state index in [1.54, 1.807) is 41.3 Å². The normalized spacial score (nSPS) is 21.5. The second kappa shape index (κ2) is 9.15. The Bertz CT molecular complexity index is 991. The lowest BCUT2D eigenvalue weighted by molar-refractivity contribution is -0.141. The van der Waals surface area contributed by atoms with Crippen LogP contribution in [0.4, 0.5) is 0 Å². The molecule has 1 heterocycles. The first-order valence-electron chi connectivity index (χ1n) is 10.8. The number of amides is 1. The van der Waals surface area contributed by atoms with Gasteiger partial charge in [-0.25, -0.2) is 0 Å². The van der Waals surface area contributed by atoms with E-state index in [9.17, 15) is 14.7 Å². The van der Waals surface area contributed by atoms with Crippen LogP contribution in [0.25, 0.3) is 5.76 Å². The molecule has 1 saturated heterocycles. The van der Waals surface area contributed by atoms with E-state index in [1.165, 1.54) is 0 Å². The zero-order chi connectivity index (χ0) is 22.0. The van der Waals surface area contributed by atoms with Crippen molar-refractivity contribution in [3.8, 4) is 5.75 Å². The Morgan fingerprint density at radius 2 is 1.68 bits per heavy atom. The summed E-state index contributed by atoms with van der Waals surface area (Å²) in [5.74, 6) is -0.674. The van der Waals surface area contributed by atoms with Crippen molar-refractivity contribution in [2.24, 2.45) is 0 Å². The summed E-state index contributed by atoms with van der Waals surface area (Å²) >= 11 is 6.08. The number of carbonyl (C=O) groups is 2. The number of benzene rings is 2. The number of ketones is 1. The second-order valence-electron chi connectivity index (χ2n) is 8.01. The van der Waals surface area contributed by atoms with Crippen LogP contribution in [0.3, 0.4) is 0 Å². The molecule has 1 aliphatic carbocycles. The minimum atomic E-state index is -0.642. The maximum atomic E-state index is 13.1. The summed E-state index contributed by atoms with van der Waals surface area (Å²) in [5.41, 5.74) is 1.37. The van der Waals surface area contributed by atoms with Gasteiger partial charge in [-0.2, -0.15) is 0 Å². The van der Waals surface area contributed by atoms with E-state index in [0.717, 1.165) is 37.7 Å². The minimum Gasteiger partial charge on any atom is -0.507 e. The molecule has 31 heavy (non-hydrogen) atoms. The largest absolute Gasteiger partial charge is 0.507 e. The van der Waals surface area contributed by atoms with Crippen LogP contribution < -0.4 is 4.74 Å². The number of ether oxygens (including phenoxy) is 1. The van der Waals surface area contributed by atoms with E-state index in [-0.39, 0.29) is 17.4 Å². The zero-order valence-corrected chi connectivity index (χ0v) is 18.3. The van der Waals surface area contributed by atoms with Crippen molar-refractivity contribution < 1.29 is 19.4 Å². The molecule has 1 N–H and O–H groups in total. The maximum absolute atomic E-state index is 13.1. The third-order valence-electron chi connectivity index (χ3n) is 6.07. The van der Waals surface area contributed by atoms with E-state index in [2.05, 4.69) is 0 Å². The first-order valence-corrected chi connectivity index (χ1v) is 11.2. The van der Waals surface area contributed by atoms with Crippen LogP contribution in [0.2, 0.25) is 5.02 Å². The van der Waals surface area contributed by atoms with Crippen LogP contribution in [0.15, 0.2) is 54.1 Å². The monoisotopic (exact) mass is 439 g/mol. The summed E-state index contributed by atoms with van der Waals surface area (Å²) < 4.78 is 5.46. The van der Waals surface area contributed by atoms with Gasteiger partial charge in [-0.1, -0.05) is 43.0 Å². The molecular formula is C25H26ClNO4. The number of halogens is 1. The number of likely N-dealkylation sites (tertiary alicyclic amines) is 1. The Morgan fingerprint density at radius 3 is 2.29 bits per heavy atom. The van der Waals surface area contributed by atoms with Gasteiger partial charge in [-0.3, -0.25) is 9.59 Å². The number of hydrogen-bond donors (Lipinski definition) is 1. The van der Waals surface area contributed by atoms with Gasteiger partial charge in [0.15, 0.2) is 0 Å². The van der Waals surface area contributed by atoms with Gasteiger partial charge in [-0.05, 0) is 61.7 Å². The Hall–Kier alpha value is -2.79. The molecule has 1 amide bonds. The maximum Gasteiger partial charge on any atom is 0.295 e. The average Bonchev–Trinajstić information content (AvgIpc) is 3.06. The standard InChI is InChI=1S/C25H26ClNO4/c1-2-31-20-14-10-17(11-15-20)23(28)21-22(16-8-12-18(26)13-9-16)27(25(30)24(21)29)19-6-4-3-5-7-19/h8-15,19,22,28H,2-7H2,1H3/b23-21-. The Balaban J connectivity index is 1.81. The van der Waals surface area contributed by atoms with Crippen molar-refractivity contribution in [3.05, 3.63) is 70.3 Å². The van der Waals surface area contributed by atoms with Gasteiger partial charge in [0.2, 0.25) is 0 Å². The molecule has 0 radical (unpaired) electrons. The lowest BCUT2D eigenvalue weighted by Gasteiger charge is -2.35. The van der Waals surface area contributed by atoms with Crippen molar-refractivity contribution >= 4 is 29.1 Å². The summed E-state index contributed by atoms with van der Waals surface area (Å²) in [6, 6.07) is 13.4. The molecule has 0 bridgehead atoms. The molecule has 6 heteroatoms. The number of carbonyl (C=O) groups excluding carboxylic acids is 2. The lowest BCUT2D eigenvalue weighted by Crippen LogP contribution is -2.40. The van der Waals surface area contributed by atoms with Gasteiger partial charge in [0.25, 0.3) is 11.7 Å². The minimum absolute atomic E-state index is 0.0171. The SMILES string of the molecule is CCOc1ccc(/C(O)=C2/C(=O)C(=O)N(C3CCCCC3)C2c2ccc(Cl)cc2)cc1. The Morgan fingerprint density at radius 1 is 1.03 bits per heavy atom. The summed E-state index contributed by atoms with van der Waals surface area (Å²) in [7, 11) is 0. The van der Waals surface area contributed by atoms with Crippen LogP contribution >= 0.6 is 11.6 Å². The van der Waals surface area contributed by atoms with Crippen LogP contribution in [0.1, 0.15) is 56.2 Å². The lowest BCUT2D eigenvalue weighted by atomic mass is 9.91. The number of aliphatic hydroxyl groups excluding tert-OH is 1. The molecule has 5 nitrogen and oxygen atoms in total. The summed E-state index contributed by atoms with van der Waals surface area (Å²) in [6.45, 7) is 2.43. The molecule has 1 atom stereocenters. The van der Waals surface area contributed by atoms with Crippen LogP contribution in [0.5, 0.6) is 5.75 Å². The fourth-order valence-corrected chi connectivity index (χ4v) is 4.72. The molecule has 1 unspecified atom stereocenters. The molecule has 162 valence electrons. The highest BCUT2D eigenvalue weighted by molar-refractivity contribution is 6.46. The van der Waals surface area contributed by atoms with Gasteiger partial charge >= 0.3 is 0 Å². The molecule has 0 spiro atoms. The zero-order valence-electron chi connectivity index (χ0n) is 17.5. The quantitative estimate of drug-likeness (QED) is 0.380. The Labute approximate surface area is 187 Å². The average molecular weight is 440 g/mol. The smallest absolute Gasteiger partial charge is 0.295 e.